The molecule has 0 unspecified atom stereocenters. The number of benzene rings is 1. The van der Waals surface area contributed by atoms with Crippen molar-refractivity contribution in [3.63, 3.8) is 0 Å². The van der Waals surface area contributed by atoms with E-state index in [0.717, 1.165) is 10.5 Å². The van der Waals surface area contributed by atoms with Gasteiger partial charge in [-0.15, -0.1) is 0 Å². The molecule has 1 aromatic rings. The molecule has 1 aromatic carbocycles. The Hall–Kier alpha value is -2.90. The van der Waals surface area contributed by atoms with Crippen LogP contribution in [-0.4, -0.2) is 58.9 Å². The second-order valence-corrected chi connectivity index (χ2v) is 5.57. The molecule has 1 heterocycles. The zero-order valence-corrected chi connectivity index (χ0v) is 13.3. The maximum atomic E-state index is 11.8. The predicted octanol–water partition coefficient (Wildman–Crippen LogP) is 0.675. The molecule has 128 valence electrons. The Bertz CT molecular complexity index is 656. The lowest BCUT2D eigenvalue weighted by molar-refractivity contribution is -0.126. The number of carboxylic acid groups (broad SMARTS) is 1. The van der Waals surface area contributed by atoms with Crippen LogP contribution in [0.4, 0.5) is 4.79 Å². The van der Waals surface area contributed by atoms with Crippen LogP contribution in [0.5, 0.6) is 0 Å². The standard InChI is InChI=1S/C16H19N3O5/c1-18-10-14(21)19(16(18)24)8-2-3-13(20)17-9-11-4-6-12(7-5-11)15(22)23/h4-7H,2-3,8-10H2,1H3,(H,17,20)(H,22,23). The minimum absolute atomic E-state index is 0.0807. The smallest absolute Gasteiger partial charge is 0.335 e. The number of rotatable bonds is 7. The van der Waals surface area contributed by atoms with Crippen LogP contribution in [0.25, 0.3) is 0 Å². The summed E-state index contributed by atoms with van der Waals surface area (Å²) in [7, 11) is 1.56. The minimum Gasteiger partial charge on any atom is -0.478 e. The number of nitrogens with one attached hydrogen (secondary N) is 1. The highest BCUT2D eigenvalue weighted by molar-refractivity contribution is 6.01. The van der Waals surface area contributed by atoms with Crippen molar-refractivity contribution in [3.8, 4) is 0 Å². The third-order valence-electron chi connectivity index (χ3n) is 3.71. The van der Waals surface area contributed by atoms with Crippen molar-refractivity contribution >= 4 is 23.8 Å². The van der Waals surface area contributed by atoms with Gasteiger partial charge in [0.1, 0.15) is 6.54 Å². The molecular weight excluding hydrogens is 314 g/mol. The summed E-state index contributed by atoms with van der Waals surface area (Å²) in [6.07, 6.45) is 0.600. The molecule has 1 saturated heterocycles. The molecule has 4 amide bonds. The second-order valence-electron chi connectivity index (χ2n) is 5.57. The van der Waals surface area contributed by atoms with Crippen LogP contribution in [0.3, 0.4) is 0 Å². The lowest BCUT2D eigenvalue weighted by Gasteiger charge is -2.13. The van der Waals surface area contributed by atoms with Crippen molar-refractivity contribution in [1.82, 2.24) is 15.1 Å². The van der Waals surface area contributed by atoms with Gasteiger partial charge in [-0.2, -0.15) is 0 Å². The molecule has 0 aromatic heterocycles. The van der Waals surface area contributed by atoms with Crippen LogP contribution < -0.4 is 5.32 Å². The largest absolute Gasteiger partial charge is 0.478 e. The van der Waals surface area contributed by atoms with Gasteiger partial charge in [-0.3, -0.25) is 14.5 Å². The third-order valence-corrected chi connectivity index (χ3v) is 3.71. The van der Waals surface area contributed by atoms with E-state index in [1.807, 2.05) is 0 Å². The van der Waals surface area contributed by atoms with Crippen LogP contribution in [0.2, 0.25) is 0 Å². The van der Waals surface area contributed by atoms with E-state index in [1.54, 1.807) is 19.2 Å². The zero-order chi connectivity index (χ0) is 17.7. The van der Waals surface area contributed by atoms with Crippen molar-refractivity contribution in [2.24, 2.45) is 0 Å². The summed E-state index contributed by atoms with van der Waals surface area (Å²) >= 11 is 0. The molecule has 0 atom stereocenters. The number of aromatic carboxylic acids is 1. The second kappa shape index (κ2) is 7.58. The van der Waals surface area contributed by atoms with Crippen LogP contribution in [0, 0.1) is 0 Å². The highest BCUT2D eigenvalue weighted by atomic mass is 16.4. The van der Waals surface area contributed by atoms with Gasteiger partial charge in [0, 0.05) is 26.6 Å². The SMILES string of the molecule is CN1CC(=O)N(CCCC(=O)NCc2ccc(C(=O)O)cc2)C1=O. The number of hydrogen-bond donors (Lipinski definition) is 2. The van der Waals surface area contributed by atoms with Crippen LogP contribution in [-0.2, 0) is 16.1 Å². The number of carbonyl (C=O) groups is 4. The van der Waals surface area contributed by atoms with Crippen molar-refractivity contribution in [2.45, 2.75) is 19.4 Å². The number of nitrogens with zero attached hydrogens (tertiary/aromatic N) is 2. The molecule has 8 nitrogen and oxygen atoms in total. The van der Waals surface area contributed by atoms with Gasteiger partial charge in [0.2, 0.25) is 11.8 Å². The summed E-state index contributed by atoms with van der Waals surface area (Å²) < 4.78 is 0. The Morgan fingerprint density at radius 1 is 1.21 bits per heavy atom. The van der Waals surface area contributed by atoms with Gasteiger partial charge < -0.3 is 15.3 Å². The number of amides is 4. The molecule has 24 heavy (non-hydrogen) atoms. The van der Waals surface area contributed by atoms with Gasteiger partial charge in [0.15, 0.2) is 0 Å². The van der Waals surface area contributed by atoms with E-state index in [1.165, 1.54) is 17.0 Å². The van der Waals surface area contributed by atoms with Gasteiger partial charge >= 0.3 is 12.0 Å². The maximum Gasteiger partial charge on any atom is 0.335 e. The molecule has 0 spiro atoms. The summed E-state index contributed by atoms with van der Waals surface area (Å²) in [5.41, 5.74) is 0.981. The van der Waals surface area contributed by atoms with Crippen molar-refractivity contribution < 1.29 is 24.3 Å². The van der Waals surface area contributed by atoms with E-state index < -0.39 is 5.97 Å². The van der Waals surface area contributed by atoms with Gasteiger partial charge in [-0.25, -0.2) is 9.59 Å². The lowest BCUT2D eigenvalue weighted by Crippen LogP contribution is -2.33. The predicted molar refractivity (Wildman–Crippen MR) is 84.2 cm³/mol. The summed E-state index contributed by atoms with van der Waals surface area (Å²) in [5.74, 6) is -1.44. The molecule has 1 aliphatic heterocycles. The van der Waals surface area contributed by atoms with Crippen molar-refractivity contribution in [3.05, 3.63) is 35.4 Å². The highest BCUT2D eigenvalue weighted by Gasteiger charge is 2.32. The van der Waals surface area contributed by atoms with Gasteiger partial charge in [-0.1, -0.05) is 12.1 Å². The molecule has 2 rings (SSSR count). The highest BCUT2D eigenvalue weighted by Crippen LogP contribution is 2.09. The average molecular weight is 333 g/mol. The first-order chi connectivity index (χ1) is 11.4. The van der Waals surface area contributed by atoms with E-state index in [9.17, 15) is 19.2 Å². The fraction of sp³-hybridized carbons (Fsp3) is 0.375. The van der Waals surface area contributed by atoms with Crippen LogP contribution in [0.15, 0.2) is 24.3 Å². The molecule has 2 N–H and O–H groups in total. The first-order valence-electron chi connectivity index (χ1n) is 7.53. The van der Waals surface area contributed by atoms with E-state index in [-0.39, 0.29) is 42.9 Å². The molecule has 1 aliphatic rings. The molecule has 0 aliphatic carbocycles. The normalized spacial score (nSPS) is 14.2. The summed E-state index contributed by atoms with van der Waals surface area (Å²) in [5, 5.41) is 11.5. The first kappa shape index (κ1) is 17.5. The van der Waals surface area contributed by atoms with E-state index in [0.29, 0.717) is 13.0 Å². The Balaban J connectivity index is 1.71. The molecular formula is C16H19N3O5. The Morgan fingerprint density at radius 3 is 2.42 bits per heavy atom. The molecule has 8 heteroatoms. The Morgan fingerprint density at radius 2 is 1.88 bits per heavy atom. The minimum atomic E-state index is -0.998. The van der Waals surface area contributed by atoms with Gasteiger partial charge in [0.05, 0.1) is 5.56 Å². The van der Waals surface area contributed by atoms with Crippen molar-refractivity contribution in [2.75, 3.05) is 20.1 Å². The number of likely N-dealkylation sites (N-methyl/N-ethyl adjacent to an activating group) is 1. The number of imide groups is 1. The first-order valence-corrected chi connectivity index (χ1v) is 7.53. The molecule has 0 bridgehead atoms. The summed E-state index contributed by atoms with van der Waals surface area (Å²) in [6.45, 7) is 0.600. The topological polar surface area (TPSA) is 107 Å². The fourth-order valence-corrected chi connectivity index (χ4v) is 2.34. The summed E-state index contributed by atoms with van der Waals surface area (Å²) in [6, 6.07) is 5.90. The number of urea groups is 1. The average Bonchev–Trinajstić information content (AvgIpc) is 2.79. The van der Waals surface area contributed by atoms with Gasteiger partial charge in [0.25, 0.3) is 0 Å². The fourth-order valence-electron chi connectivity index (χ4n) is 2.34. The number of hydrogen-bond acceptors (Lipinski definition) is 4. The molecule has 0 saturated carbocycles. The van der Waals surface area contributed by atoms with Crippen LogP contribution in [0.1, 0.15) is 28.8 Å². The zero-order valence-electron chi connectivity index (χ0n) is 13.3. The maximum absolute atomic E-state index is 11.8. The quantitative estimate of drug-likeness (QED) is 0.713. The van der Waals surface area contributed by atoms with Crippen LogP contribution >= 0.6 is 0 Å². The third kappa shape index (κ3) is 4.31. The monoisotopic (exact) mass is 333 g/mol. The number of carbonyl (C=O) groups excluding carboxylic acids is 3. The lowest BCUT2D eigenvalue weighted by atomic mass is 10.1. The van der Waals surface area contributed by atoms with E-state index >= 15 is 0 Å². The Kier molecular flexibility index (Phi) is 5.51. The molecule has 0 radical (unpaired) electrons. The van der Waals surface area contributed by atoms with E-state index in [4.69, 9.17) is 5.11 Å². The Labute approximate surface area is 139 Å². The number of carboxylic acids is 1. The summed E-state index contributed by atoms with van der Waals surface area (Å²) in [4.78, 5) is 48.3. The van der Waals surface area contributed by atoms with E-state index in [2.05, 4.69) is 5.32 Å². The van der Waals surface area contributed by atoms with Crippen molar-refractivity contribution in [1.29, 1.82) is 0 Å². The molecule has 1 fully saturated rings. The van der Waals surface area contributed by atoms with Gasteiger partial charge in [-0.05, 0) is 24.1 Å².